The molecule has 1 heteroatoms. The molecule has 0 aliphatic heterocycles. The van der Waals surface area contributed by atoms with E-state index < -0.39 is 0 Å². The minimum absolute atomic E-state index is 0.800. The minimum atomic E-state index is 0.800. The van der Waals surface area contributed by atoms with Crippen LogP contribution in [0, 0.1) is 6.58 Å². The Morgan fingerprint density at radius 1 is 1.33 bits per heavy atom. The number of benzene rings is 1. The van der Waals surface area contributed by atoms with Crippen LogP contribution in [-0.4, -0.2) is 4.98 Å². The van der Waals surface area contributed by atoms with Gasteiger partial charge in [-0.2, -0.15) is 0 Å². The van der Waals surface area contributed by atoms with Gasteiger partial charge in [0.25, 0.3) is 0 Å². The molecule has 59 valence electrons. The minimum Gasteiger partial charge on any atom is -0.358 e. The molecule has 0 aliphatic carbocycles. The molecule has 0 fully saturated rings. The van der Waals surface area contributed by atoms with E-state index in [4.69, 9.17) is 6.58 Å². The zero-order valence-corrected chi connectivity index (χ0v) is 6.75. The molecule has 2 aromatic rings. The Morgan fingerprint density at radius 3 is 2.92 bits per heavy atom. The van der Waals surface area contributed by atoms with Crippen molar-refractivity contribution in [1.82, 2.24) is 4.98 Å². The van der Waals surface area contributed by atoms with E-state index >= 15 is 0 Å². The zero-order valence-electron chi connectivity index (χ0n) is 6.75. The van der Waals surface area contributed by atoms with Crippen LogP contribution in [0.2, 0.25) is 0 Å². The third kappa shape index (κ3) is 1.14. The van der Waals surface area contributed by atoms with Gasteiger partial charge in [0.2, 0.25) is 0 Å². The van der Waals surface area contributed by atoms with Crippen LogP contribution >= 0.6 is 0 Å². The highest BCUT2D eigenvalue weighted by Crippen LogP contribution is 2.14. The van der Waals surface area contributed by atoms with Gasteiger partial charge in [-0.25, -0.2) is 0 Å². The number of H-pyrrole nitrogens is 1. The highest BCUT2D eigenvalue weighted by atomic mass is 14.7. The maximum atomic E-state index is 5.34. The summed E-state index contributed by atoms with van der Waals surface area (Å²) in [4.78, 5) is 3.29. The van der Waals surface area contributed by atoms with Crippen LogP contribution in [0.15, 0.2) is 36.4 Å². The first kappa shape index (κ1) is 7.17. The summed E-state index contributed by atoms with van der Waals surface area (Å²) in [5.41, 5.74) is 2.34. The maximum absolute atomic E-state index is 5.34. The van der Waals surface area contributed by atoms with E-state index in [0.717, 1.165) is 6.42 Å². The second-order valence-corrected chi connectivity index (χ2v) is 2.82. The summed E-state index contributed by atoms with van der Waals surface area (Å²) in [7, 11) is 0. The monoisotopic (exact) mass is 156 g/mol. The highest BCUT2D eigenvalue weighted by Gasteiger charge is 1.96. The molecule has 1 radical (unpaired) electrons. The number of hydrogen-bond acceptors (Lipinski definition) is 0. The Hall–Kier alpha value is -1.50. The first-order valence-electron chi connectivity index (χ1n) is 4.00. The number of nitrogens with one attached hydrogen (secondary N) is 1. The van der Waals surface area contributed by atoms with Crippen molar-refractivity contribution in [3.63, 3.8) is 0 Å². The Morgan fingerprint density at radius 2 is 2.17 bits per heavy atom. The van der Waals surface area contributed by atoms with Crippen molar-refractivity contribution in [2.45, 2.75) is 6.42 Å². The summed E-state index contributed by atoms with van der Waals surface area (Å²) in [6.07, 6.45) is 2.46. The summed E-state index contributed by atoms with van der Waals surface area (Å²) < 4.78 is 0. The van der Waals surface area contributed by atoms with Gasteiger partial charge >= 0.3 is 0 Å². The van der Waals surface area contributed by atoms with Gasteiger partial charge in [0.1, 0.15) is 0 Å². The summed E-state index contributed by atoms with van der Waals surface area (Å²) in [5, 5.41) is 1.24. The Labute approximate surface area is 71.7 Å². The van der Waals surface area contributed by atoms with Crippen LogP contribution in [0.3, 0.4) is 0 Å². The Balaban J connectivity index is 2.54. The van der Waals surface area contributed by atoms with Crippen LogP contribution < -0.4 is 0 Å². The number of rotatable bonds is 2. The predicted molar refractivity (Wildman–Crippen MR) is 50.9 cm³/mol. The van der Waals surface area contributed by atoms with Crippen molar-refractivity contribution in [3.8, 4) is 0 Å². The summed E-state index contributed by atoms with van der Waals surface area (Å²) >= 11 is 0. The zero-order chi connectivity index (χ0) is 8.39. The first-order valence-corrected chi connectivity index (χ1v) is 4.00. The molecule has 2 rings (SSSR count). The summed E-state index contributed by atoms with van der Waals surface area (Å²) in [5.74, 6) is 0. The number of para-hydroxylation sites is 1. The van der Waals surface area contributed by atoms with Gasteiger partial charge in [-0.05, 0) is 17.5 Å². The molecule has 1 heterocycles. The van der Waals surface area contributed by atoms with Gasteiger partial charge in [-0.3, -0.25) is 0 Å². The fourth-order valence-corrected chi connectivity index (χ4v) is 1.37. The topological polar surface area (TPSA) is 15.8 Å². The van der Waals surface area contributed by atoms with E-state index in [-0.39, 0.29) is 0 Å². The maximum Gasteiger partial charge on any atom is 0.0456 e. The molecular weight excluding hydrogens is 146 g/mol. The summed E-state index contributed by atoms with van der Waals surface area (Å²) in [6, 6.07) is 10.3. The molecule has 1 aromatic heterocycles. The molecule has 0 spiro atoms. The quantitative estimate of drug-likeness (QED) is 0.688. The Bertz CT molecular complexity index is 365. The number of aromatic amines is 1. The number of allylic oxidation sites excluding steroid dienone is 1. The molecule has 0 atom stereocenters. The lowest BCUT2D eigenvalue weighted by molar-refractivity contribution is 1.17. The van der Waals surface area contributed by atoms with E-state index in [9.17, 15) is 0 Å². The molecule has 12 heavy (non-hydrogen) atoms. The number of fused-ring (bicyclic) bond motifs is 1. The van der Waals surface area contributed by atoms with Crippen molar-refractivity contribution >= 4 is 10.9 Å². The summed E-state index contributed by atoms with van der Waals surface area (Å²) in [6.45, 7) is 5.34. The molecule has 1 aromatic carbocycles. The van der Waals surface area contributed by atoms with E-state index in [1.54, 1.807) is 6.08 Å². The van der Waals surface area contributed by atoms with Gasteiger partial charge in [0, 0.05) is 17.6 Å². The third-order valence-corrected chi connectivity index (χ3v) is 1.92. The fraction of sp³-hybridized carbons (Fsp3) is 0.0909. The van der Waals surface area contributed by atoms with Gasteiger partial charge in [0.15, 0.2) is 0 Å². The average molecular weight is 156 g/mol. The van der Waals surface area contributed by atoms with Gasteiger partial charge in [-0.1, -0.05) is 30.9 Å². The molecule has 0 saturated carbocycles. The lowest BCUT2D eigenvalue weighted by Gasteiger charge is -1.86. The lowest BCUT2D eigenvalue weighted by atomic mass is 10.2. The Kier molecular flexibility index (Phi) is 1.71. The molecular formula is C11H10N. The van der Waals surface area contributed by atoms with Crippen molar-refractivity contribution in [2.24, 2.45) is 0 Å². The number of aromatic nitrogens is 1. The van der Waals surface area contributed by atoms with Crippen LogP contribution in [-0.2, 0) is 6.42 Å². The molecule has 1 nitrogen and oxygen atoms in total. The van der Waals surface area contributed by atoms with Crippen molar-refractivity contribution in [3.05, 3.63) is 48.7 Å². The van der Waals surface area contributed by atoms with E-state index in [0.29, 0.717) is 0 Å². The van der Waals surface area contributed by atoms with Gasteiger partial charge < -0.3 is 4.98 Å². The van der Waals surface area contributed by atoms with Crippen LogP contribution in [0.25, 0.3) is 10.9 Å². The van der Waals surface area contributed by atoms with Crippen LogP contribution in [0.5, 0.6) is 0 Å². The smallest absolute Gasteiger partial charge is 0.0456 e. The van der Waals surface area contributed by atoms with E-state index in [1.165, 1.54) is 16.6 Å². The molecule has 0 saturated heterocycles. The average Bonchev–Trinajstić information content (AvgIpc) is 2.47. The first-order chi connectivity index (χ1) is 5.90. The highest BCUT2D eigenvalue weighted by molar-refractivity contribution is 5.80. The molecule has 0 bridgehead atoms. The van der Waals surface area contributed by atoms with Crippen LogP contribution in [0.1, 0.15) is 5.69 Å². The van der Waals surface area contributed by atoms with Gasteiger partial charge in [-0.15, -0.1) is 0 Å². The van der Waals surface area contributed by atoms with Crippen LogP contribution in [0.4, 0.5) is 0 Å². The standard InChI is InChI=1S/C11H10N/c1-2-5-10-8-9-6-3-4-7-11(9)12-10/h1-4,6-8,12H,5H2. The van der Waals surface area contributed by atoms with Crippen molar-refractivity contribution in [2.75, 3.05) is 0 Å². The van der Waals surface area contributed by atoms with Gasteiger partial charge in [0.05, 0.1) is 0 Å². The second-order valence-electron chi connectivity index (χ2n) is 2.82. The predicted octanol–water partition coefficient (Wildman–Crippen LogP) is 2.70. The van der Waals surface area contributed by atoms with Crippen molar-refractivity contribution in [1.29, 1.82) is 0 Å². The second kappa shape index (κ2) is 2.86. The SMILES string of the molecule is [CH]=CCc1cc2ccccc2[nH]1. The normalized spacial score (nSPS) is 10.3. The molecule has 1 N–H and O–H groups in total. The molecule has 0 amide bonds. The fourth-order valence-electron chi connectivity index (χ4n) is 1.37. The van der Waals surface area contributed by atoms with Crippen molar-refractivity contribution < 1.29 is 0 Å². The third-order valence-electron chi connectivity index (χ3n) is 1.92. The molecule has 0 unspecified atom stereocenters. The largest absolute Gasteiger partial charge is 0.358 e. The molecule has 0 aliphatic rings. The number of hydrogen-bond donors (Lipinski definition) is 1. The lowest BCUT2D eigenvalue weighted by Crippen LogP contribution is -1.76. The van der Waals surface area contributed by atoms with E-state index in [1.807, 2.05) is 12.1 Å². The van der Waals surface area contributed by atoms with E-state index in [2.05, 4.69) is 23.2 Å².